The predicted molar refractivity (Wildman–Crippen MR) is 154 cm³/mol. The molecule has 0 aromatic heterocycles. The minimum absolute atomic E-state index is 0.226. The molecule has 0 radical (unpaired) electrons. The first kappa shape index (κ1) is 29.8. The van der Waals surface area contributed by atoms with Crippen molar-refractivity contribution in [2.24, 2.45) is 11.8 Å². The smallest absolute Gasteiger partial charge is 0.470 e. The molecule has 2 aliphatic heterocycles. The number of carbonyl (C=O) groups is 1. The van der Waals surface area contributed by atoms with Crippen LogP contribution in [-0.4, -0.2) is 64.7 Å². The Labute approximate surface area is 241 Å². The molecule has 1 spiro atoms. The van der Waals surface area contributed by atoms with Crippen molar-refractivity contribution in [3.05, 3.63) is 70.8 Å². The molecule has 10 heteroatoms. The lowest BCUT2D eigenvalue weighted by Gasteiger charge is -2.56. The van der Waals surface area contributed by atoms with Gasteiger partial charge in [0, 0.05) is 22.9 Å². The second-order valence-corrected chi connectivity index (χ2v) is 13.3. The predicted octanol–water partition coefficient (Wildman–Crippen LogP) is 4.69. The highest BCUT2D eigenvalue weighted by atomic mass is 31.2. The quantitative estimate of drug-likeness (QED) is 0.313. The van der Waals surface area contributed by atoms with Crippen LogP contribution in [-0.2, 0) is 32.1 Å². The summed E-state index contributed by atoms with van der Waals surface area (Å²) in [7, 11) is -0.879. The first-order valence-corrected chi connectivity index (χ1v) is 15.7. The van der Waals surface area contributed by atoms with Crippen molar-refractivity contribution < 1.29 is 38.3 Å². The Bertz CT molecular complexity index is 1370. The number of likely N-dealkylation sites (tertiary alicyclic amines) is 1. The zero-order chi connectivity index (χ0) is 29.7. The van der Waals surface area contributed by atoms with Crippen molar-refractivity contribution in [3.63, 3.8) is 0 Å². The molecule has 1 saturated heterocycles. The third-order valence-corrected chi connectivity index (χ3v) is 9.61. The molecule has 9 nitrogen and oxygen atoms in total. The number of phosphoric ester groups is 1. The third kappa shape index (κ3) is 5.46. The van der Waals surface area contributed by atoms with Crippen molar-refractivity contribution >= 4 is 13.8 Å². The Morgan fingerprint density at radius 3 is 2.46 bits per heavy atom. The number of ether oxygens (including phenoxy) is 2. The van der Waals surface area contributed by atoms with E-state index in [4.69, 9.17) is 19.1 Å². The number of piperidine rings is 1. The van der Waals surface area contributed by atoms with Crippen LogP contribution in [0.25, 0.3) is 0 Å². The van der Waals surface area contributed by atoms with Crippen LogP contribution in [0.15, 0.2) is 48.6 Å². The molecule has 1 fully saturated rings. The maximum atomic E-state index is 11.5. The number of hydrogen-bond acceptors (Lipinski definition) is 6. The highest BCUT2D eigenvalue weighted by molar-refractivity contribution is 7.46. The fourth-order valence-electron chi connectivity index (χ4n) is 7.18. The van der Waals surface area contributed by atoms with Crippen LogP contribution in [0.1, 0.15) is 55.4 Å². The molecule has 0 amide bonds. The van der Waals surface area contributed by atoms with Gasteiger partial charge in [-0.05, 0) is 68.5 Å². The molecular formula is C31H40NO8P. The summed E-state index contributed by atoms with van der Waals surface area (Å²) in [5.41, 5.74) is 4.20. The number of benzene rings is 2. The Balaban J connectivity index is 0.000000193. The molecular weight excluding hydrogens is 545 g/mol. The van der Waals surface area contributed by atoms with Gasteiger partial charge in [0.2, 0.25) is 0 Å². The zero-order valence-electron chi connectivity index (χ0n) is 24.2. The topological polar surface area (TPSA) is 126 Å². The molecule has 6 rings (SSSR count). The molecule has 2 aromatic carbocycles. The number of likely N-dealkylation sites (N-methyl/N-ethyl adjacent to an activating group) is 1. The lowest BCUT2D eigenvalue weighted by Crippen LogP contribution is -2.65. The van der Waals surface area contributed by atoms with E-state index in [2.05, 4.69) is 37.9 Å². The Hall–Kier alpha value is -2.68. The van der Waals surface area contributed by atoms with Crippen LogP contribution >= 0.6 is 7.82 Å². The van der Waals surface area contributed by atoms with E-state index >= 15 is 0 Å². The van der Waals surface area contributed by atoms with Crippen LogP contribution in [0, 0.1) is 11.8 Å². The molecule has 2 aromatic rings. The van der Waals surface area contributed by atoms with Gasteiger partial charge in [-0.25, -0.2) is 4.57 Å². The number of phosphoric acid groups is 1. The summed E-state index contributed by atoms with van der Waals surface area (Å²) < 4.78 is 28.5. The number of hydrogen-bond donors (Lipinski definition) is 3. The van der Waals surface area contributed by atoms with E-state index in [1.54, 1.807) is 20.1 Å². The summed E-state index contributed by atoms with van der Waals surface area (Å²) in [4.78, 5) is 31.9. The summed E-state index contributed by atoms with van der Waals surface area (Å²) >= 11 is 0. The van der Waals surface area contributed by atoms with Crippen molar-refractivity contribution in [2.45, 2.75) is 69.6 Å². The lowest BCUT2D eigenvalue weighted by molar-refractivity contribution is -0.138. The number of carboxylic acid groups (broad SMARTS) is 1. The van der Waals surface area contributed by atoms with Gasteiger partial charge in [-0.1, -0.05) is 56.3 Å². The molecule has 1 unspecified atom stereocenters. The second kappa shape index (κ2) is 11.2. The van der Waals surface area contributed by atoms with Gasteiger partial charge in [-0.15, -0.1) is 0 Å². The van der Waals surface area contributed by atoms with E-state index in [9.17, 15) is 19.1 Å². The molecule has 6 atom stereocenters. The molecule has 41 heavy (non-hydrogen) atoms. The number of rotatable bonds is 7. The number of aliphatic carboxylic acids is 1. The standard InChI is InChI=1S/C18H22NO6P.C13H18O2/c1-19-8-7-18-11-4-6-14(25-26(20,21)22)17(18)24-16-13(23-2)5-3-10(15(16)18)9-12(11)19;1-9(2)8-11-4-6-12(7-5-11)10(3)13(14)15/h3-6,11-12,14,17H,7-9H2,1-2H3,(H2,20,21,22);4-7,9-10H,8H2,1-3H3,(H,14,15)/t11-,12+,14-,17-,18-;/m0./s1. The van der Waals surface area contributed by atoms with Gasteiger partial charge >= 0.3 is 13.8 Å². The van der Waals surface area contributed by atoms with E-state index in [0.717, 1.165) is 36.9 Å². The van der Waals surface area contributed by atoms with E-state index in [-0.39, 0.29) is 11.3 Å². The highest BCUT2D eigenvalue weighted by Gasteiger charge is 2.65. The van der Waals surface area contributed by atoms with Gasteiger partial charge in [0.1, 0.15) is 12.2 Å². The van der Waals surface area contributed by atoms with Crippen molar-refractivity contribution in [1.29, 1.82) is 0 Å². The van der Waals surface area contributed by atoms with Crippen LogP contribution < -0.4 is 9.47 Å². The summed E-state index contributed by atoms with van der Waals surface area (Å²) in [6, 6.07) is 12.2. The Morgan fingerprint density at radius 1 is 1.15 bits per heavy atom. The first-order chi connectivity index (χ1) is 19.4. The van der Waals surface area contributed by atoms with E-state index in [0.29, 0.717) is 23.5 Å². The Morgan fingerprint density at radius 2 is 1.85 bits per heavy atom. The average molecular weight is 586 g/mol. The third-order valence-electron chi connectivity index (χ3n) is 9.09. The summed E-state index contributed by atoms with van der Waals surface area (Å²) in [6.07, 6.45) is 5.42. The molecule has 222 valence electrons. The lowest BCUT2D eigenvalue weighted by atomic mass is 9.53. The molecule has 2 heterocycles. The van der Waals surface area contributed by atoms with Gasteiger partial charge in [0.05, 0.1) is 13.0 Å². The van der Waals surface area contributed by atoms with Gasteiger partial charge in [-0.3, -0.25) is 9.32 Å². The minimum atomic E-state index is -4.63. The number of nitrogens with zero attached hydrogens (tertiary/aromatic N) is 1. The minimum Gasteiger partial charge on any atom is -0.493 e. The largest absolute Gasteiger partial charge is 0.493 e. The number of methoxy groups -OCH3 is 1. The average Bonchev–Trinajstić information content (AvgIpc) is 3.26. The monoisotopic (exact) mass is 585 g/mol. The van der Waals surface area contributed by atoms with Crippen molar-refractivity contribution in [3.8, 4) is 11.5 Å². The van der Waals surface area contributed by atoms with E-state index in [1.807, 2.05) is 30.3 Å². The Kier molecular flexibility index (Phi) is 8.14. The van der Waals surface area contributed by atoms with Crippen LogP contribution in [0.2, 0.25) is 0 Å². The maximum Gasteiger partial charge on any atom is 0.470 e. The molecule has 4 aliphatic rings. The fourth-order valence-corrected chi connectivity index (χ4v) is 7.67. The number of carboxylic acids is 1. The molecule has 2 bridgehead atoms. The fraction of sp³-hybridized carbons (Fsp3) is 0.516. The van der Waals surface area contributed by atoms with Gasteiger partial charge in [0.15, 0.2) is 11.5 Å². The molecule has 2 aliphatic carbocycles. The van der Waals surface area contributed by atoms with Crippen LogP contribution in [0.3, 0.4) is 0 Å². The summed E-state index contributed by atoms with van der Waals surface area (Å²) in [5.74, 6) is 1.05. The molecule has 0 saturated carbocycles. The van der Waals surface area contributed by atoms with Crippen molar-refractivity contribution in [2.75, 3.05) is 20.7 Å². The maximum absolute atomic E-state index is 11.5. The van der Waals surface area contributed by atoms with E-state index < -0.39 is 31.9 Å². The highest BCUT2D eigenvalue weighted by Crippen LogP contribution is 2.63. The van der Waals surface area contributed by atoms with Crippen LogP contribution in [0.5, 0.6) is 11.5 Å². The summed E-state index contributed by atoms with van der Waals surface area (Å²) in [6.45, 7) is 6.97. The van der Waals surface area contributed by atoms with Gasteiger partial charge in [0.25, 0.3) is 0 Å². The summed E-state index contributed by atoms with van der Waals surface area (Å²) in [5, 5.41) is 8.85. The molecule has 3 N–H and O–H groups in total. The normalized spacial score (nSPS) is 28.3. The van der Waals surface area contributed by atoms with E-state index in [1.165, 1.54) is 11.1 Å². The first-order valence-electron chi connectivity index (χ1n) is 14.2. The SMILES string of the molecule is CC(C)Cc1ccc(C(C)C(=O)O)cc1.COc1ccc2c3c1O[C@H]1[C@@H](OP(=O)(O)O)C=C[C@H]4[C@@H](C2)N(C)CC[C@@]341. The van der Waals surface area contributed by atoms with Crippen LogP contribution in [0.4, 0.5) is 0 Å². The van der Waals surface area contributed by atoms with Gasteiger partial charge < -0.3 is 29.3 Å². The van der Waals surface area contributed by atoms with Crippen molar-refractivity contribution in [1.82, 2.24) is 4.90 Å². The zero-order valence-corrected chi connectivity index (χ0v) is 25.1. The van der Waals surface area contributed by atoms with Gasteiger partial charge in [-0.2, -0.15) is 0 Å². The second-order valence-electron chi connectivity index (χ2n) is 12.1.